The highest BCUT2D eigenvalue weighted by molar-refractivity contribution is 6.10. The molecule has 3 aromatic carbocycles. The van der Waals surface area contributed by atoms with Crippen LogP contribution in [0.4, 0.5) is 11.4 Å². The fourth-order valence-electron chi connectivity index (χ4n) is 3.70. The number of anilines is 2. The van der Waals surface area contributed by atoms with Gasteiger partial charge < -0.3 is 15.4 Å². The number of hydrogen-bond acceptors (Lipinski definition) is 3. The van der Waals surface area contributed by atoms with Crippen LogP contribution in [0.15, 0.2) is 66.7 Å². The van der Waals surface area contributed by atoms with Gasteiger partial charge in [-0.05, 0) is 79.3 Å². The molecular weight excluding hydrogens is 424 g/mol. The molecule has 2 N–H and O–H groups in total. The Morgan fingerprint density at radius 3 is 1.68 bits per heavy atom. The topological polar surface area (TPSA) is 67.4 Å². The van der Waals surface area contributed by atoms with E-state index in [4.69, 9.17) is 4.74 Å². The van der Waals surface area contributed by atoms with Crippen molar-refractivity contribution in [1.29, 1.82) is 0 Å². The van der Waals surface area contributed by atoms with Gasteiger partial charge in [-0.25, -0.2) is 0 Å². The minimum absolute atomic E-state index is 0.279. The molecule has 0 heterocycles. The molecule has 0 bridgehead atoms. The van der Waals surface area contributed by atoms with Crippen molar-refractivity contribution < 1.29 is 14.3 Å². The SMILES string of the molecule is CCCCc1ccc(NC(=O)c2ccc(OC)c(C(=O)Nc3ccc(CCCC)cc3)c2)cc1. The highest BCUT2D eigenvalue weighted by Crippen LogP contribution is 2.23. The molecule has 0 aliphatic heterocycles. The van der Waals surface area contributed by atoms with Crippen LogP contribution in [0.3, 0.4) is 0 Å². The Bertz CT molecular complexity index is 1090. The monoisotopic (exact) mass is 458 g/mol. The Hall–Kier alpha value is -3.60. The number of methoxy groups -OCH3 is 1. The van der Waals surface area contributed by atoms with Crippen LogP contribution in [-0.4, -0.2) is 18.9 Å². The standard InChI is InChI=1S/C29H34N2O3/c1-4-6-8-21-10-15-24(16-11-21)30-28(32)23-14-19-27(34-3)26(20-23)29(33)31-25-17-12-22(13-18-25)9-7-5-2/h10-20H,4-9H2,1-3H3,(H,30,32)(H,31,33). The summed E-state index contributed by atoms with van der Waals surface area (Å²) in [6, 6.07) is 20.6. The van der Waals surface area contributed by atoms with Crippen LogP contribution >= 0.6 is 0 Å². The molecule has 3 rings (SSSR count). The molecule has 0 aliphatic carbocycles. The zero-order valence-corrected chi connectivity index (χ0v) is 20.3. The maximum Gasteiger partial charge on any atom is 0.259 e. The number of ether oxygens (including phenoxy) is 1. The third-order valence-corrected chi connectivity index (χ3v) is 5.77. The molecule has 5 heteroatoms. The summed E-state index contributed by atoms with van der Waals surface area (Å²) in [7, 11) is 1.51. The fraction of sp³-hybridized carbons (Fsp3) is 0.310. The van der Waals surface area contributed by atoms with Gasteiger partial charge in [0.15, 0.2) is 0 Å². The van der Waals surface area contributed by atoms with Gasteiger partial charge in [0.1, 0.15) is 5.75 Å². The van der Waals surface area contributed by atoms with Crippen molar-refractivity contribution in [3.63, 3.8) is 0 Å². The molecule has 0 unspecified atom stereocenters. The van der Waals surface area contributed by atoms with Crippen LogP contribution in [0.2, 0.25) is 0 Å². The van der Waals surface area contributed by atoms with Gasteiger partial charge in [-0.3, -0.25) is 9.59 Å². The van der Waals surface area contributed by atoms with Crippen LogP contribution in [0.25, 0.3) is 0 Å². The molecule has 2 amide bonds. The maximum absolute atomic E-state index is 13.0. The van der Waals surface area contributed by atoms with Gasteiger partial charge in [0.05, 0.1) is 12.7 Å². The summed E-state index contributed by atoms with van der Waals surface area (Å²) in [5, 5.41) is 5.81. The van der Waals surface area contributed by atoms with E-state index < -0.39 is 0 Å². The van der Waals surface area contributed by atoms with Gasteiger partial charge in [0.25, 0.3) is 11.8 Å². The molecule has 0 saturated heterocycles. The minimum Gasteiger partial charge on any atom is -0.496 e. The van der Waals surface area contributed by atoms with Crippen molar-refractivity contribution in [3.8, 4) is 5.75 Å². The van der Waals surface area contributed by atoms with Gasteiger partial charge in [0, 0.05) is 16.9 Å². The van der Waals surface area contributed by atoms with Gasteiger partial charge in [-0.15, -0.1) is 0 Å². The van der Waals surface area contributed by atoms with Gasteiger partial charge in [0.2, 0.25) is 0 Å². The predicted octanol–water partition coefficient (Wildman–Crippen LogP) is 6.89. The second kappa shape index (κ2) is 12.6. The normalized spacial score (nSPS) is 10.6. The Labute approximate surface area is 202 Å². The van der Waals surface area contributed by atoms with E-state index in [2.05, 4.69) is 24.5 Å². The lowest BCUT2D eigenvalue weighted by atomic mass is 10.1. The lowest BCUT2D eigenvalue weighted by Crippen LogP contribution is -2.16. The number of amides is 2. The van der Waals surface area contributed by atoms with E-state index in [-0.39, 0.29) is 11.8 Å². The molecular formula is C29H34N2O3. The maximum atomic E-state index is 13.0. The van der Waals surface area contributed by atoms with Crippen molar-refractivity contribution in [2.24, 2.45) is 0 Å². The highest BCUT2D eigenvalue weighted by Gasteiger charge is 2.16. The number of carbonyl (C=O) groups is 2. The van der Waals surface area contributed by atoms with Crippen LogP contribution < -0.4 is 15.4 Å². The zero-order valence-electron chi connectivity index (χ0n) is 20.3. The predicted molar refractivity (Wildman–Crippen MR) is 139 cm³/mol. The Balaban J connectivity index is 1.70. The van der Waals surface area contributed by atoms with Crippen molar-refractivity contribution in [3.05, 3.63) is 89.0 Å². The quantitative estimate of drug-likeness (QED) is 0.329. The zero-order chi connectivity index (χ0) is 24.3. The van der Waals surface area contributed by atoms with Crippen LogP contribution in [0.5, 0.6) is 5.75 Å². The summed E-state index contributed by atoms with van der Waals surface area (Å²) < 4.78 is 5.37. The molecule has 0 aromatic heterocycles. The van der Waals surface area contributed by atoms with E-state index in [0.717, 1.165) is 44.2 Å². The second-order valence-electron chi connectivity index (χ2n) is 8.42. The number of aryl methyl sites for hydroxylation is 2. The third-order valence-electron chi connectivity index (χ3n) is 5.77. The number of unbranched alkanes of at least 4 members (excludes halogenated alkanes) is 2. The van der Waals surface area contributed by atoms with E-state index in [9.17, 15) is 9.59 Å². The fourth-order valence-corrected chi connectivity index (χ4v) is 3.70. The van der Waals surface area contributed by atoms with E-state index >= 15 is 0 Å². The van der Waals surface area contributed by atoms with E-state index in [0.29, 0.717) is 22.6 Å². The van der Waals surface area contributed by atoms with Crippen LogP contribution in [-0.2, 0) is 12.8 Å². The number of rotatable bonds is 11. The number of hydrogen-bond donors (Lipinski definition) is 2. The Kier molecular flexibility index (Phi) is 9.27. The molecule has 178 valence electrons. The first-order valence-corrected chi connectivity index (χ1v) is 12.0. The van der Waals surface area contributed by atoms with E-state index in [1.54, 1.807) is 18.2 Å². The van der Waals surface area contributed by atoms with E-state index in [1.807, 2.05) is 48.5 Å². The molecule has 0 fully saturated rings. The number of nitrogens with one attached hydrogen (secondary N) is 2. The van der Waals surface area contributed by atoms with Crippen LogP contribution in [0, 0.1) is 0 Å². The lowest BCUT2D eigenvalue weighted by molar-refractivity contribution is 0.102. The average Bonchev–Trinajstić information content (AvgIpc) is 2.87. The molecule has 0 atom stereocenters. The van der Waals surface area contributed by atoms with Crippen molar-refractivity contribution in [2.45, 2.75) is 52.4 Å². The van der Waals surface area contributed by atoms with Gasteiger partial charge >= 0.3 is 0 Å². The summed E-state index contributed by atoms with van der Waals surface area (Å²) in [6.45, 7) is 4.34. The summed E-state index contributed by atoms with van der Waals surface area (Å²) in [5.74, 6) is -0.194. The summed E-state index contributed by atoms with van der Waals surface area (Å²) >= 11 is 0. The summed E-state index contributed by atoms with van der Waals surface area (Å²) in [6.07, 6.45) is 6.63. The largest absolute Gasteiger partial charge is 0.496 e. The molecule has 0 radical (unpaired) electrons. The highest BCUT2D eigenvalue weighted by atomic mass is 16.5. The first kappa shape index (κ1) is 25.0. The molecule has 0 aliphatic rings. The Morgan fingerprint density at radius 1 is 0.706 bits per heavy atom. The Morgan fingerprint density at radius 2 is 1.21 bits per heavy atom. The van der Waals surface area contributed by atoms with Crippen LogP contribution in [0.1, 0.15) is 71.4 Å². The van der Waals surface area contributed by atoms with Crippen molar-refractivity contribution >= 4 is 23.2 Å². The van der Waals surface area contributed by atoms with E-state index in [1.165, 1.54) is 18.2 Å². The first-order chi connectivity index (χ1) is 16.5. The molecule has 0 saturated carbocycles. The van der Waals surface area contributed by atoms with Gasteiger partial charge in [-0.1, -0.05) is 51.0 Å². The lowest BCUT2D eigenvalue weighted by Gasteiger charge is -2.12. The first-order valence-electron chi connectivity index (χ1n) is 12.0. The molecule has 34 heavy (non-hydrogen) atoms. The molecule has 3 aromatic rings. The average molecular weight is 459 g/mol. The smallest absolute Gasteiger partial charge is 0.259 e. The summed E-state index contributed by atoms with van der Waals surface area (Å²) in [4.78, 5) is 25.8. The number of carbonyl (C=O) groups excluding carboxylic acids is 2. The van der Waals surface area contributed by atoms with Crippen molar-refractivity contribution in [1.82, 2.24) is 0 Å². The van der Waals surface area contributed by atoms with Crippen molar-refractivity contribution in [2.75, 3.05) is 17.7 Å². The molecule has 5 nitrogen and oxygen atoms in total. The molecule has 0 spiro atoms. The number of benzene rings is 3. The third kappa shape index (κ3) is 6.95. The summed E-state index contributed by atoms with van der Waals surface area (Å²) in [5.41, 5.74) is 4.60. The second-order valence-corrected chi connectivity index (χ2v) is 8.42. The minimum atomic E-state index is -0.326. The van der Waals surface area contributed by atoms with Gasteiger partial charge in [-0.2, -0.15) is 0 Å².